The van der Waals surface area contributed by atoms with E-state index in [4.69, 9.17) is 14.2 Å². The predicted molar refractivity (Wildman–Crippen MR) is 120 cm³/mol. The summed E-state index contributed by atoms with van der Waals surface area (Å²) in [5, 5.41) is 4.02. The number of amides is 1. The van der Waals surface area contributed by atoms with Gasteiger partial charge in [-0.25, -0.2) is 0 Å². The molecule has 1 aliphatic rings. The molecule has 2 aromatic carbocycles. The largest absolute Gasteiger partial charge is 0.494 e. The van der Waals surface area contributed by atoms with Gasteiger partial charge in [0.15, 0.2) is 11.5 Å². The second kappa shape index (κ2) is 9.31. The summed E-state index contributed by atoms with van der Waals surface area (Å²) in [6, 6.07) is 11.8. The minimum atomic E-state index is -0.0991. The van der Waals surface area contributed by atoms with Gasteiger partial charge in [0.05, 0.1) is 20.8 Å². The molecule has 3 aromatic rings. The average Bonchev–Trinajstić information content (AvgIpc) is 3.22. The third-order valence-corrected chi connectivity index (χ3v) is 5.66. The van der Waals surface area contributed by atoms with E-state index in [-0.39, 0.29) is 5.91 Å². The molecule has 0 unspecified atom stereocenters. The van der Waals surface area contributed by atoms with Crippen molar-refractivity contribution in [2.75, 3.05) is 40.5 Å². The van der Waals surface area contributed by atoms with Gasteiger partial charge in [-0.2, -0.15) is 0 Å². The molecule has 164 valence electrons. The molecule has 1 amide bonds. The molecule has 2 heterocycles. The summed E-state index contributed by atoms with van der Waals surface area (Å²) >= 11 is 0. The average molecular weight is 424 g/mol. The highest BCUT2D eigenvalue weighted by Crippen LogP contribution is 2.33. The Morgan fingerprint density at radius 1 is 1.10 bits per heavy atom. The molecule has 0 aliphatic carbocycles. The summed E-state index contributed by atoms with van der Waals surface area (Å²) in [5.74, 6) is 2.22. The Hall–Kier alpha value is -3.19. The van der Waals surface area contributed by atoms with Crippen LogP contribution in [0, 0.1) is 0 Å². The van der Waals surface area contributed by atoms with E-state index in [1.807, 2.05) is 31.2 Å². The van der Waals surface area contributed by atoms with Crippen LogP contribution in [0.25, 0.3) is 10.9 Å². The molecule has 7 heteroatoms. The molecule has 2 N–H and O–H groups in total. The van der Waals surface area contributed by atoms with Gasteiger partial charge in [-0.05, 0) is 54.8 Å². The van der Waals surface area contributed by atoms with Crippen molar-refractivity contribution in [2.24, 2.45) is 0 Å². The summed E-state index contributed by atoms with van der Waals surface area (Å²) < 4.78 is 16.4. The third kappa shape index (κ3) is 4.61. The smallest absolute Gasteiger partial charge is 0.267 e. The number of nitrogens with one attached hydrogen (secondary N) is 2. The first kappa shape index (κ1) is 21.1. The van der Waals surface area contributed by atoms with Crippen LogP contribution in [0.15, 0.2) is 36.4 Å². The van der Waals surface area contributed by atoms with Crippen molar-refractivity contribution in [3.63, 3.8) is 0 Å². The van der Waals surface area contributed by atoms with E-state index < -0.39 is 0 Å². The van der Waals surface area contributed by atoms with Crippen molar-refractivity contribution in [1.29, 1.82) is 0 Å². The standard InChI is InChI=1S/C24H29N3O4/c1-4-31-19-6-5-17-11-21(26-20(17)14-19)24(28)25-8-10-27-9-7-16-12-22(29-2)23(30-3)13-18(16)15-27/h5-6,11-14,26H,4,7-10,15H2,1-3H3,(H,25,28). The molecule has 7 nitrogen and oxygen atoms in total. The number of H-pyrrole nitrogens is 1. The number of benzene rings is 2. The van der Waals surface area contributed by atoms with Gasteiger partial charge in [0.2, 0.25) is 0 Å². The van der Waals surface area contributed by atoms with Crippen LogP contribution < -0.4 is 19.5 Å². The molecule has 0 saturated carbocycles. The van der Waals surface area contributed by atoms with Crippen LogP contribution in [0.1, 0.15) is 28.5 Å². The van der Waals surface area contributed by atoms with Crippen LogP contribution in [-0.4, -0.2) is 56.3 Å². The molecular formula is C24H29N3O4. The number of aromatic nitrogens is 1. The van der Waals surface area contributed by atoms with Crippen molar-refractivity contribution >= 4 is 16.8 Å². The molecule has 1 aromatic heterocycles. The number of fused-ring (bicyclic) bond motifs is 2. The molecule has 0 spiro atoms. The lowest BCUT2D eigenvalue weighted by Crippen LogP contribution is -2.37. The highest BCUT2D eigenvalue weighted by atomic mass is 16.5. The number of methoxy groups -OCH3 is 2. The fraction of sp³-hybridized carbons (Fsp3) is 0.375. The Morgan fingerprint density at radius 2 is 1.87 bits per heavy atom. The number of rotatable bonds is 8. The molecule has 4 rings (SSSR count). The Bertz CT molecular complexity index is 1080. The normalized spacial score (nSPS) is 13.6. The summed E-state index contributed by atoms with van der Waals surface area (Å²) in [4.78, 5) is 18.1. The fourth-order valence-electron chi connectivity index (χ4n) is 4.04. The minimum absolute atomic E-state index is 0.0991. The summed E-state index contributed by atoms with van der Waals surface area (Å²) in [7, 11) is 3.31. The lowest BCUT2D eigenvalue weighted by molar-refractivity contribution is 0.0943. The Morgan fingerprint density at radius 3 is 2.61 bits per heavy atom. The monoisotopic (exact) mass is 423 g/mol. The quantitative estimate of drug-likeness (QED) is 0.581. The van der Waals surface area contributed by atoms with Crippen molar-refractivity contribution in [1.82, 2.24) is 15.2 Å². The van der Waals surface area contributed by atoms with Crippen LogP contribution in [0.4, 0.5) is 0 Å². The SMILES string of the molecule is CCOc1ccc2cc(C(=O)NCCN3CCc4cc(OC)c(OC)cc4C3)[nH]c2c1. The minimum Gasteiger partial charge on any atom is -0.494 e. The van der Waals surface area contributed by atoms with Crippen LogP contribution >= 0.6 is 0 Å². The molecular weight excluding hydrogens is 394 g/mol. The van der Waals surface area contributed by atoms with Gasteiger partial charge in [-0.1, -0.05) is 0 Å². The van der Waals surface area contributed by atoms with Gasteiger partial charge in [0.1, 0.15) is 11.4 Å². The van der Waals surface area contributed by atoms with Crippen LogP contribution in [0.5, 0.6) is 17.2 Å². The van der Waals surface area contributed by atoms with E-state index in [0.717, 1.165) is 54.2 Å². The molecule has 1 aliphatic heterocycles. The zero-order valence-corrected chi connectivity index (χ0v) is 18.3. The molecule has 0 bridgehead atoms. The topological polar surface area (TPSA) is 75.8 Å². The molecule has 0 atom stereocenters. The van der Waals surface area contributed by atoms with Gasteiger partial charge >= 0.3 is 0 Å². The van der Waals surface area contributed by atoms with Gasteiger partial charge in [0, 0.05) is 43.1 Å². The van der Waals surface area contributed by atoms with Crippen LogP contribution in [0.2, 0.25) is 0 Å². The van der Waals surface area contributed by atoms with Crippen LogP contribution in [0.3, 0.4) is 0 Å². The summed E-state index contributed by atoms with van der Waals surface area (Å²) in [5.41, 5.74) is 4.00. The Labute approximate surface area is 182 Å². The van der Waals surface area contributed by atoms with Gasteiger partial charge in [-0.3, -0.25) is 9.69 Å². The zero-order chi connectivity index (χ0) is 21.8. The molecule has 0 radical (unpaired) electrons. The van der Waals surface area contributed by atoms with E-state index in [1.165, 1.54) is 11.1 Å². The highest BCUT2D eigenvalue weighted by molar-refractivity contribution is 5.98. The number of nitrogens with zero attached hydrogens (tertiary/aromatic N) is 1. The lowest BCUT2D eigenvalue weighted by atomic mass is 9.99. The van der Waals surface area contributed by atoms with Gasteiger partial charge in [0.25, 0.3) is 5.91 Å². The van der Waals surface area contributed by atoms with Crippen molar-refractivity contribution in [3.05, 3.63) is 53.2 Å². The Kier molecular flexibility index (Phi) is 6.32. The lowest BCUT2D eigenvalue weighted by Gasteiger charge is -2.29. The fourth-order valence-corrected chi connectivity index (χ4v) is 4.04. The van der Waals surface area contributed by atoms with Crippen LogP contribution in [-0.2, 0) is 13.0 Å². The molecule has 0 fully saturated rings. The first-order valence-corrected chi connectivity index (χ1v) is 10.6. The second-order valence-corrected chi connectivity index (χ2v) is 7.62. The number of carbonyl (C=O) groups excluding carboxylic acids is 1. The second-order valence-electron chi connectivity index (χ2n) is 7.62. The number of aromatic amines is 1. The van der Waals surface area contributed by atoms with Crippen molar-refractivity contribution < 1.29 is 19.0 Å². The highest BCUT2D eigenvalue weighted by Gasteiger charge is 2.19. The molecule has 0 saturated heterocycles. The summed E-state index contributed by atoms with van der Waals surface area (Å²) in [6.07, 6.45) is 0.952. The predicted octanol–water partition coefficient (Wildman–Crippen LogP) is 3.37. The summed E-state index contributed by atoms with van der Waals surface area (Å²) in [6.45, 7) is 5.71. The number of carbonyl (C=O) groups is 1. The first-order valence-electron chi connectivity index (χ1n) is 10.6. The molecule has 31 heavy (non-hydrogen) atoms. The maximum Gasteiger partial charge on any atom is 0.267 e. The number of hydrogen-bond acceptors (Lipinski definition) is 5. The van der Waals surface area contributed by atoms with Gasteiger partial charge in [-0.15, -0.1) is 0 Å². The maximum absolute atomic E-state index is 12.6. The van der Waals surface area contributed by atoms with Crippen molar-refractivity contribution in [2.45, 2.75) is 19.9 Å². The van der Waals surface area contributed by atoms with E-state index in [0.29, 0.717) is 18.8 Å². The van der Waals surface area contributed by atoms with E-state index in [1.54, 1.807) is 14.2 Å². The number of ether oxygens (including phenoxy) is 3. The van der Waals surface area contributed by atoms with Gasteiger partial charge < -0.3 is 24.5 Å². The first-order chi connectivity index (χ1) is 15.1. The third-order valence-electron chi connectivity index (χ3n) is 5.66. The van der Waals surface area contributed by atoms with Crippen molar-refractivity contribution in [3.8, 4) is 17.2 Å². The maximum atomic E-state index is 12.6. The van der Waals surface area contributed by atoms with E-state index in [9.17, 15) is 4.79 Å². The number of hydrogen-bond donors (Lipinski definition) is 2. The van der Waals surface area contributed by atoms with E-state index >= 15 is 0 Å². The zero-order valence-electron chi connectivity index (χ0n) is 18.3. The Balaban J connectivity index is 1.33. The van der Waals surface area contributed by atoms with E-state index in [2.05, 4.69) is 27.3 Å².